The van der Waals surface area contributed by atoms with Crippen molar-refractivity contribution in [3.63, 3.8) is 0 Å². The van der Waals surface area contributed by atoms with Gasteiger partial charge in [-0.25, -0.2) is 0 Å². The monoisotopic (exact) mass is 307 g/mol. The summed E-state index contributed by atoms with van der Waals surface area (Å²) in [5, 5.41) is 2.88. The van der Waals surface area contributed by atoms with Gasteiger partial charge in [-0.15, -0.1) is 0 Å². The zero-order chi connectivity index (χ0) is 15.9. The van der Waals surface area contributed by atoms with Crippen molar-refractivity contribution in [1.29, 1.82) is 0 Å². The number of carbonyl (C=O) groups is 1. The number of ether oxygens (including phenoxy) is 3. The highest BCUT2D eigenvalue weighted by Gasteiger charge is 2.16. The second-order valence-electron chi connectivity index (χ2n) is 5.64. The van der Waals surface area contributed by atoms with Crippen molar-refractivity contribution in [1.82, 2.24) is 0 Å². The molecule has 5 nitrogen and oxygen atoms in total. The minimum absolute atomic E-state index is 0.0957. The number of hydrogen-bond donors (Lipinski definition) is 1. The molecule has 1 saturated carbocycles. The number of anilines is 1. The van der Waals surface area contributed by atoms with E-state index in [1.807, 2.05) is 13.0 Å². The summed E-state index contributed by atoms with van der Waals surface area (Å²) in [6.07, 6.45) is 6.01. The van der Waals surface area contributed by atoms with Crippen LogP contribution >= 0.6 is 0 Å². The molecule has 0 bridgehead atoms. The Morgan fingerprint density at radius 3 is 2.41 bits per heavy atom. The maximum Gasteiger partial charge on any atom is 0.250 e. The quantitative estimate of drug-likeness (QED) is 0.876. The smallest absolute Gasteiger partial charge is 0.250 e. The Morgan fingerprint density at radius 2 is 1.77 bits per heavy atom. The summed E-state index contributed by atoms with van der Waals surface area (Å²) in [6, 6.07) is 3.61. The fourth-order valence-corrected chi connectivity index (χ4v) is 2.73. The number of nitrogens with one attached hydrogen (secondary N) is 1. The van der Waals surface area contributed by atoms with Crippen LogP contribution in [0.1, 0.15) is 37.7 Å². The Bertz CT molecular complexity index is 510. The van der Waals surface area contributed by atoms with Crippen LogP contribution < -0.4 is 14.8 Å². The third-order valence-electron chi connectivity index (χ3n) is 4.01. The largest absolute Gasteiger partial charge is 0.493 e. The molecule has 1 aromatic carbocycles. The van der Waals surface area contributed by atoms with Gasteiger partial charge in [0.1, 0.15) is 6.61 Å². The molecule has 1 aromatic rings. The minimum atomic E-state index is -0.138. The molecule has 5 heteroatoms. The van der Waals surface area contributed by atoms with Gasteiger partial charge in [0.2, 0.25) is 5.91 Å². The third kappa shape index (κ3) is 4.37. The molecular formula is C17H25NO4. The number of carbonyl (C=O) groups excluding carboxylic acids is 1. The van der Waals surface area contributed by atoms with Crippen molar-refractivity contribution in [2.45, 2.75) is 45.1 Å². The Balaban J connectivity index is 1.93. The lowest BCUT2D eigenvalue weighted by Crippen LogP contribution is -2.25. The summed E-state index contributed by atoms with van der Waals surface area (Å²) in [5.74, 6) is 1.11. The lowest BCUT2D eigenvalue weighted by molar-refractivity contribution is -0.123. The van der Waals surface area contributed by atoms with Crippen LogP contribution in [0.3, 0.4) is 0 Å². The maximum atomic E-state index is 12.1. The number of rotatable bonds is 6. The second-order valence-corrected chi connectivity index (χ2v) is 5.64. The first-order valence-electron chi connectivity index (χ1n) is 7.78. The topological polar surface area (TPSA) is 56.8 Å². The molecule has 0 radical (unpaired) electrons. The van der Waals surface area contributed by atoms with Gasteiger partial charge in [-0.2, -0.15) is 0 Å². The van der Waals surface area contributed by atoms with E-state index in [9.17, 15) is 4.79 Å². The lowest BCUT2D eigenvalue weighted by Gasteiger charge is -2.21. The van der Waals surface area contributed by atoms with Gasteiger partial charge < -0.3 is 19.5 Å². The van der Waals surface area contributed by atoms with Gasteiger partial charge in [0.25, 0.3) is 0 Å². The van der Waals surface area contributed by atoms with E-state index in [4.69, 9.17) is 14.2 Å². The summed E-state index contributed by atoms with van der Waals surface area (Å²) >= 11 is 0. The van der Waals surface area contributed by atoms with Crippen LogP contribution in [-0.2, 0) is 9.53 Å². The van der Waals surface area contributed by atoms with E-state index in [1.54, 1.807) is 20.3 Å². The highest BCUT2D eigenvalue weighted by atomic mass is 16.5. The minimum Gasteiger partial charge on any atom is -0.493 e. The molecule has 22 heavy (non-hydrogen) atoms. The lowest BCUT2D eigenvalue weighted by atomic mass is 9.98. The molecule has 0 saturated heterocycles. The first kappa shape index (κ1) is 16.6. The van der Waals surface area contributed by atoms with Gasteiger partial charge in [0, 0.05) is 11.8 Å². The van der Waals surface area contributed by atoms with E-state index < -0.39 is 0 Å². The number of aryl methyl sites for hydroxylation is 1. The van der Waals surface area contributed by atoms with Crippen LogP contribution in [0.5, 0.6) is 11.5 Å². The van der Waals surface area contributed by atoms with Crippen molar-refractivity contribution in [3.8, 4) is 11.5 Å². The Kier molecular flexibility index (Phi) is 6.07. The molecule has 0 unspecified atom stereocenters. The standard InChI is InChI=1S/C17H25NO4/c1-12-9-15(20-2)16(21-3)10-14(12)18-17(19)11-22-13-7-5-4-6-8-13/h9-10,13H,4-8,11H2,1-3H3,(H,18,19). The Labute approximate surface area is 131 Å². The SMILES string of the molecule is COc1cc(C)c(NC(=O)COC2CCCCC2)cc1OC. The fourth-order valence-electron chi connectivity index (χ4n) is 2.73. The highest BCUT2D eigenvalue weighted by molar-refractivity contribution is 5.92. The summed E-state index contributed by atoms with van der Waals surface area (Å²) in [7, 11) is 3.17. The van der Waals surface area contributed by atoms with E-state index in [0.29, 0.717) is 11.5 Å². The van der Waals surface area contributed by atoms with Gasteiger partial charge in [0.05, 0.1) is 20.3 Å². The van der Waals surface area contributed by atoms with Gasteiger partial charge in [-0.1, -0.05) is 19.3 Å². The molecule has 1 aliphatic carbocycles. The molecule has 1 fully saturated rings. The van der Waals surface area contributed by atoms with Crippen LogP contribution in [-0.4, -0.2) is 32.8 Å². The maximum absolute atomic E-state index is 12.1. The molecule has 1 amide bonds. The number of hydrogen-bond acceptors (Lipinski definition) is 4. The first-order valence-corrected chi connectivity index (χ1v) is 7.78. The van der Waals surface area contributed by atoms with Crippen LogP contribution in [0.25, 0.3) is 0 Å². The molecule has 2 rings (SSSR count). The van der Waals surface area contributed by atoms with Gasteiger partial charge in [0.15, 0.2) is 11.5 Å². The van der Waals surface area contributed by atoms with Gasteiger partial charge in [-0.3, -0.25) is 4.79 Å². The molecule has 0 spiro atoms. The predicted octanol–water partition coefficient (Wildman–Crippen LogP) is 3.30. The summed E-state index contributed by atoms with van der Waals surface area (Å²) in [6.45, 7) is 2.01. The average molecular weight is 307 g/mol. The van der Waals surface area contributed by atoms with E-state index in [1.165, 1.54) is 19.3 Å². The van der Waals surface area contributed by atoms with Crippen LogP contribution in [0.15, 0.2) is 12.1 Å². The number of methoxy groups -OCH3 is 2. The molecule has 122 valence electrons. The summed E-state index contributed by atoms with van der Waals surface area (Å²) < 4.78 is 16.2. The van der Waals surface area contributed by atoms with Gasteiger partial charge in [-0.05, 0) is 31.4 Å². The zero-order valence-electron chi connectivity index (χ0n) is 13.6. The molecule has 0 aromatic heterocycles. The van der Waals surface area contributed by atoms with E-state index >= 15 is 0 Å². The first-order chi connectivity index (χ1) is 10.6. The molecule has 0 atom stereocenters. The van der Waals surface area contributed by atoms with E-state index in [0.717, 1.165) is 24.1 Å². The van der Waals surface area contributed by atoms with Crippen molar-refractivity contribution >= 4 is 11.6 Å². The van der Waals surface area contributed by atoms with Crippen LogP contribution in [0.4, 0.5) is 5.69 Å². The van der Waals surface area contributed by atoms with Crippen molar-refractivity contribution < 1.29 is 19.0 Å². The number of amides is 1. The third-order valence-corrected chi connectivity index (χ3v) is 4.01. The van der Waals surface area contributed by atoms with E-state index in [-0.39, 0.29) is 18.6 Å². The average Bonchev–Trinajstić information content (AvgIpc) is 2.55. The molecule has 1 N–H and O–H groups in total. The normalized spacial score (nSPS) is 15.4. The van der Waals surface area contributed by atoms with Crippen molar-refractivity contribution in [3.05, 3.63) is 17.7 Å². The number of benzene rings is 1. The Hall–Kier alpha value is -1.75. The predicted molar refractivity (Wildman–Crippen MR) is 85.7 cm³/mol. The van der Waals surface area contributed by atoms with Crippen LogP contribution in [0.2, 0.25) is 0 Å². The van der Waals surface area contributed by atoms with Crippen molar-refractivity contribution in [2.24, 2.45) is 0 Å². The van der Waals surface area contributed by atoms with E-state index in [2.05, 4.69) is 5.32 Å². The summed E-state index contributed by atoms with van der Waals surface area (Å²) in [4.78, 5) is 12.1. The molecule has 0 aliphatic heterocycles. The summed E-state index contributed by atoms with van der Waals surface area (Å²) in [5.41, 5.74) is 1.64. The highest BCUT2D eigenvalue weighted by Crippen LogP contribution is 2.32. The molecule has 1 aliphatic rings. The van der Waals surface area contributed by atoms with Crippen LogP contribution in [0, 0.1) is 6.92 Å². The van der Waals surface area contributed by atoms with Crippen molar-refractivity contribution in [2.75, 3.05) is 26.1 Å². The second kappa shape index (κ2) is 8.03. The van der Waals surface area contributed by atoms with Gasteiger partial charge >= 0.3 is 0 Å². The molecular weight excluding hydrogens is 282 g/mol. The zero-order valence-corrected chi connectivity index (χ0v) is 13.6. The molecule has 0 heterocycles. The Morgan fingerprint density at radius 1 is 1.14 bits per heavy atom. The fraction of sp³-hybridized carbons (Fsp3) is 0.588.